The lowest BCUT2D eigenvalue weighted by Gasteiger charge is -2.23. The minimum Gasteiger partial charge on any atom is -0.503 e. The third kappa shape index (κ3) is 5.39. The largest absolute Gasteiger partial charge is 0.503 e. The third-order valence-corrected chi connectivity index (χ3v) is 8.07. The molecule has 1 unspecified atom stereocenters. The number of carbonyl (C=O) groups excluding carboxylic acids is 2. The number of ketones is 1. The van der Waals surface area contributed by atoms with Crippen LogP contribution in [0, 0.1) is 0 Å². The number of methoxy groups -OCH3 is 1. The topological polar surface area (TPSA) is 92.6 Å². The summed E-state index contributed by atoms with van der Waals surface area (Å²) < 4.78 is 5.95. The summed E-state index contributed by atoms with van der Waals surface area (Å²) >= 11 is 2.75. The molecule has 1 atom stereocenters. The highest BCUT2D eigenvalue weighted by Crippen LogP contribution is 2.43. The van der Waals surface area contributed by atoms with Gasteiger partial charge in [-0.15, -0.1) is 10.2 Å². The van der Waals surface area contributed by atoms with Gasteiger partial charge in [-0.05, 0) is 34.9 Å². The van der Waals surface area contributed by atoms with Crippen LogP contribution >= 0.6 is 23.1 Å². The van der Waals surface area contributed by atoms with Crippen molar-refractivity contribution in [3.63, 3.8) is 0 Å². The molecule has 0 spiro atoms. The van der Waals surface area contributed by atoms with E-state index >= 15 is 0 Å². The molecule has 1 amide bonds. The summed E-state index contributed by atoms with van der Waals surface area (Å²) in [6, 6.07) is 25.5. The number of aromatic nitrogens is 2. The molecule has 5 rings (SSSR count). The highest BCUT2D eigenvalue weighted by atomic mass is 32.2. The number of rotatable bonds is 9. The monoisotopic (exact) mass is 541 g/mol. The molecule has 0 radical (unpaired) electrons. The van der Waals surface area contributed by atoms with Crippen molar-refractivity contribution in [3.8, 4) is 5.75 Å². The third-order valence-electron chi connectivity index (χ3n) is 5.94. The molecule has 0 saturated carbocycles. The van der Waals surface area contributed by atoms with E-state index in [1.165, 1.54) is 34.1 Å². The second-order valence-corrected chi connectivity index (χ2v) is 10.5. The van der Waals surface area contributed by atoms with Crippen LogP contribution in [-0.2, 0) is 15.3 Å². The van der Waals surface area contributed by atoms with Gasteiger partial charge < -0.3 is 9.84 Å². The van der Waals surface area contributed by atoms with Gasteiger partial charge in [0.25, 0.3) is 5.91 Å². The zero-order valence-corrected chi connectivity index (χ0v) is 22.0. The van der Waals surface area contributed by atoms with Gasteiger partial charge in [-0.2, -0.15) is 0 Å². The molecule has 1 aliphatic rings. The molecule has 38 heavy (non-hydrogen) atoms. The average Bonchev–Trinajstić information content (AvgIpc) is 3.53. The fraction of sp³-hybridized carbons (Fsp3) is 0.103. The maximum atomic E-state index is 13.4. The van der Waals surface area contributed by atoms with Crippen LogP contribution in [0.1, 0.15) is 22.7 Å². The summed E-state index contributed by atoms with van der Waals surface area (Å²) in [5.74, 6) is -0.431. The van der Waals surface area contributed by atoms with Crippen molar-refractivity contribution in [1.82, 2.24) is 10.2 Å². The maximum absolute atomic E-state index is 13.4. The number of benzene rings is 3. The number of aliphatic hydroxyl groups excluding tert-OH is 1. The minimum absolute atomic E-state index is 0.0129. The molecule has 0 bridgehead atoms. The van der Waals surface area contributed by atoms with Crippen molar-refractivity contribution in [2.75, 3.05) is 12.0 Å². The Morgan fingerprint density at radius 2 is 1.71 bits per heavy atom. The number of anilines is 1. The first-order chi connectivity index (χ1) is 18.5. The molecule has 190 valence electrons. The molecule has 1 aromatic heterocycles. The molecule has 4 aromatic rings. The van der Waals surface area contributed by atoms with Gasteiger partial charge in [0.15, 0.2) is 15.9 Å². The lowest BCUT2D eigenvalue weighted by Crippen LogP contribution is -2.30. The molecule has 1 aliphatic heterocycles. The van der Waals surface area contributed by atoms with Crippen LogP contribution < -0.4 is 9.64 Å². The van der Waals surface area contributed by atoms with Gasteiger partial charge in [-0.25, -0.2) is 0 Å². The Balaban J connectivity index is 1.47. The summed E-state index contributed by atoms with van der Waals surface area (Å²) in [4.78, 5) is 28.1. The zero-order valence-electron chi connectivity index (χ0n) is 20.4. The predicted molar refractivity (Wildman–Crippen MR) is 149 cm³/mol. The van der Waals surface area contributed by atoms with Gasteiger partial charge >= 0.3 is 0 Å². The Morgan fingerprint density at radius 3 is 2.39 bits per heavy atom. The molecule has 1 N–H and O–H groups in total. The number of ether oxygens (including phenoxy) is 1. The molecule has 9 heteroatoms. The van der Waals surface area contributed by atoms with Crippen molar-refractivity contribution in [3.05, 3.63) is 119 Å². The Kier molecular flexibility index (Phi) is 7.67. The number of aliphatic hydroxyl groups is 1. The van der Waals surface area contributed by atoms with Crippen LogP contribution in [0.15, 0.2) is 107 Å². The lowest BCUT2D eigenvalue weighted by molar-refractivity contribution is -0.117. The summed E-state index contributed by atoms with van der Waals surface area (Å²) in [6.07, 6.45) is 3.03. The van der Waals surface area contributed by atoms with Gasteiger partial charge in [0.1, 0.15) is 5.75 Å². The Morgan fingerprint density at radius 1 is 1.03 bits per heavy atom. The van der Waals surface area contributed by atoms with Crippen LogP contribution in [-0.4, -0.2) is 34.1 Å². The number of nitrogens with zero attached hydrogens (tertiary/aromatic N) is 3. The van der Waals surface area contributed by atoms with Crippen molar-refractivity contribution in [2.24, 2.45) is 0 Å². The second kappa shape index (κ2) is 11.5. The summed E-state index contributed by atoms with van der Waals surface area (Å²) in [7, 11) is 1.56. The van der Waals surface area contributed by atoms with E-state index in [-0.39, 0.29) is 5.57 Å². The molecule has 0 saturated heterocycles. The van der Waals surface area contributed by atoms with Crippen LogP contribution in [0.5, 0.6) is 5.75 Å². The fourth-order valence-corrected chi connectivity index (χ4v) is 5.88. The van der Waals surface area contributed by atoms with E-state index in [4.69, 9.17) is 4.74 Å². The van der Waals surface area contributed by atoms with Crippen LogP contribution in [0.2, 0.25) is 0 Å². The van der Waals surface area contributed by atoms with E-state index in [2.05, 4.69) is 10.2 Å². The first kappa shape index (κ1) is 25.4. The predicted octanol–water partition coefficient (Wildman–Crippen LogP) is 6.02. The normalized spacial score (nSPS) is 15.4. The summed E-state index contributed by atoms with van der Waals surface area (Å²) in [5, 5.41) is 19.7. The molecular weight excluding hydrogens is 518 g/mol. The average molecular weight is 542 g/mol. The van der Waals surface area contributed by atoms with Gasteiger partial charge in [-0.3, -0.25) is 14.5 Å². The number of hydrogen-bond donors (Lipinski definition) is 1. The van der Waals surface area contributed by atoms with Gasteiger partial charge in [-0.1, -0.05) is 102 Å². The van der Waals surface area contributed by atoms with E-state index in [9.17, 15) is 14.7 Å². The van der Waals surface area contributed by atoms with Crippen molar-refractivity contribution in [2.45, 2.75) is 16.1 Å². The maximum Gasteiger partial charge on any atom is 0.296 e. The SMILES string of the molecule is COc1ccc(C2C(C(=O)/C=C/c3ccccc3)=C(O)C(=O)N2c2nnc(SCc3ccccc3)s2)cc1. The summed E-state index contributed by atoms with van der Waals surface area (Å²) in [6.45, 7) is 0. The number of amides is 1. The van der Waals surface area contributed by atoms with Gasteiger partial charge in [0.2, 0.25) is 5.13 Å². The van der Waals surface area contributed by atoms with Crippen LogP contribution in [0.4, 0.5) is 5.13 Å². The van der Waals surface area contributed by atoms with Crippen molar-refractivity contribution < 1.29 is 19.4 Å². The number of carbonyl (C=O) groups is 2. The standard InChI is InChI=1S/C29H23N3O4S2/c1-36-22-15-13-21(14-16-22)25-24(23(33)17-12-19-8-4-2-5-9-19)26(34)27(35)32(25)28-30-31-29(38-28)37-18-20-10-6-3-7-11-20/h2-17,25,34H,18H2,1H3/b17-12+. The highest BCUT2D eigenvalue weighted by molar-refractivity contribution is 8.00. The van der Waals surface area contributed by atoms with Gasteiger partial charge in [0.05, 0.1) is 18.7 Å². The molecule has 0 fully saturated rings. The zero-order chi connectivity index (χ0) is 26.5. The number of thioether (sulfide) groups is 1. The Bertz CT molecular complexity index is 1500. The fourth-order valence-electron chi connectivity index (χ4n) is 4.06. The molecular formula is C29H23N3O4S2. The minimum atomic E-state index is -0.874. The van der Waals surface area contributed by atoms with Crippen molar-refractivity contribution >= 4 is 46.0 Å². The molecule has 2 heterocycles. The molecule has 7 nitrogen and oxygen atoms in total. The van der Waals surface area contributed by atoms with Gasteiger partial charge in [0, 0.05) is 5.75 Å². The second-order valence-electron chi connectivity index (χ2n) is 8.35. The van der Waals surface area contributed by atoms with Crippen LogP contribution in [0.25, 0.3) is 6.08 Å². The highest BCUT2D eigenvalue weighted by Gasteiger charge is 2.45. The first-order valence-corrected chi connectivity index (χ1v) is 13.5. The van der Waals surface area contributed by atoms with E-state index in [1.807, 2.05) is 60.7 Å². The Labute approximate surface area is 228 Å². The molecule has 0 aliphatic carbocycles. The Hall–Kier alpha value is -4.21. The van der Waals surface area contributed by atoms with E-state index < -0.39 is 23.5 Å². The van der Waals surface area contributed by atoms with Crippen molar-refractivity contribution in [1.29, 1.82) is 0 Å². The summed E-state index contributed by atoms with van der Waals surface area (Å²) in [5.41, 5.74) is 2.58. The lowest BCUT2D eigenvalue weighted by atomic mass is 9.95. The smallest absolute Gasteiger partial charge is 0.296 e. The number of allylic oxidation sites excluding steroid dienone is 1. The van der Waals surface area contributed by atoms with Crippen LogP contribution in [0.3, 0.4) is 0 Å². The molecule has 3 aromatic carbocycles. The first-order valence-electron chi connectivity index (χ1n) is 11.7. The quantitative estimate of drug-likeness (QED) is 0.157. The van der Waals surface area contributed by atoms with E-state index in [0.29, 0.717) is 26.5 Å². The van der Waals surface area contributed by atoms with E-state index in [1.54, 1.807) is 37.5 Å². The number of hydrogen-bond acceptors (Lipinski definition) is 8. The van der Waals surface area contributed by atoms with E-state index in [0.717, 1.165) is 11.1 Å².